The largest absolute Gasteiger partial charge is 0.460 e. The highest BCUT2D eigenvalue weighted by Crippen LogP contribution is 2.49. The van der Waals surface area contributed by atoms with Gasteiger partial charge in [0.25, 0.3) is 12.7 Å². The zero-order valence-electron chi connectivity index (χ0n) is 19.7. The third-order valence-electron chi connectivity index (χ3n) is 3.68. The molecule has 0 aromatic carbocycles. The quantitative estimate of drug-likeness (QED) is 0.0947. The second-order valence-corrected chi connectivity index (χ2v) is 7.13. The van der Waals surface area contributed by atoms with Gasteiger partial charge in [0.05, 0.1) is 13.2 Å². The summed E-state index contributed by atoms with van der Waals surface area (Å²) in [4.78, 5) is 22.0. The van der Waals surface area contributed by atoms with Gasteiger partial charge in [0.1, 0.15) is 13.2 Å². The minimum atomic E-state index is -7.27. The summed E-state index contributed by atoms with van der Waals surface area (Å²) in [6.45, 7) is 3.37. The van der Waals surface area contributed by atoms with Crippen molar-refractivity contribution in [1.82, 2.24) is 0 Å². The van der Waals surface area contributed by atoms with Gasteiger partial charge in [0.15, 0.2) is 0 Å². The Kier molecular flexibility index (Phi) is 12.8. The molecule has 228 valence electrons. The summed E-state index contributed by atoms with van der Waals surface area (Å²) in [6, 6.07) is 0. The molecule has 0 aromatic heterocycles. The highest BCUT2D eigenvalue weighted by atomic mass is 19.4. The molecule has 2 atom stereocenters. The lowest BCUT2D eigenvalue weighted by molar-refractivity contribution is -0.499. The zero-order valence-corrected chi connectivity index (χ0v) is 19.7. The van der Waals surface area contributed by atoms with E-state index < -0.39 is 81.4 Å². The molecule has 0 rings (SSSR count). The van der Waals surface area contributed by atoms with E-state index >= 15 is 0 Å². The standard InChI is InChI=1S/C19H20F12O8/c1-9(2)11(32)34-5-7-36-15(22,23)13(20)38-18(28,29)17(26,27)19(30,31)39-14(21)16(24,25)37-8-6-35-12(33)10(3)4/h13-14H,1,3,5-8H2,2,4H3. The van der Waals surface area contributed by atoms with Crippen molar-refractivity contribution in [3.63, 3.8) is 0 Å². The van der Waals surface area contributed by atoms with Gasteiger partial charge in [-0.3, -0.25) is 9.47 Å². The van der Waals surface area contributed by atoms with Crippen molar-refractivity contribution < 1.29 is 90.7 Å². The lowest BCUT2D eigenvalue weighted by Gasteiger charge is -2.34. The van der Waals surface area contributed by atoms with Crippen molar-refractivity contribution in [2.45, 2.75) is 56.9 Å². The van der Waals surface area contributed by atoms with Crippen LogP contribution in [0.25, 0.3) is 0 Å². The molecule has 0 saturated heterocycles. The Hall–Kier alpha value is -2.58. The molecule has 0 bridgehead atoms. The van der Waals surface area contributed by atoms with Crippen LogP contribution < -0.4 is 0 Å². The Balaban J connectivity index is 5.24. The molecule has 0 N–H and O–H groups in total. The van der Waals surface area contributed by atoms with E-state index in [9.17, 15) is 62.3 Å². The molecule has 2 unspecified atom stereocenters. The minimum absolute atomic E-state index is 0.234. The Bertz CT molecular complexity index is 813. The van der Waals surface area contributed by atoms with Gasteiger partial charge in [0.2, 0.25) is 0 Å². The molecule has 0 aromatic rings. The van der Waals surface area contributed by atoms with E-state index in [4.69, 9.17) is 0 Å². The van der Waals surface area contributed by atoms with Gasteiger partial charge in [-0.05, 0) is 13.8 Å². The van der Waals surface area contributed by atoms with Gasteiger partial charge in [0, 0.05) is 11.1 Å². The van der Waals surface area contributed by atoms with Crippen molar-refractivity contribution >= 4 is 11.9 Å². The molecule has 0 heterocycles. The van der Waals surface area contributed by atoms with Gasteiger partial charge in [-0.1, -0.05) is 13.2 Å². The summed E-state index contributed by atoms with van der Waals surface area (Å²) in [5.74, 6) is -9.58. The van der Waals surface area contributed by atoms with E-state index in [1.165, 1.54) is 0 Å². The van der Waals surface area contributed by atoms with E-state index in [-0.39, 0.29) is 11.1 Å². The monoisotopic (exact) mass is 604 g/mol. The van der Waals surface area contributed by atoms with Crippen molar-refractivity contribution in [2.75, 3.05) is 26.4 Å². The Morgan fingerprint density at radius 2 is 0.897 bits per heavy atom. The van der Waals surface area contributed by atoms with Crippen LogP contribution in [0, 0.1) is 0 Å². The predicted molar refractivity (Wildman–Crippen MR) is 100 cm³/mol. The maximum absolute atomic E-state index is 13.6. The number of carbonyl (C=O) groups excluding carboxylic acids is 2. The smallest absolute Gasteiger partial charge is 0.431 e. The SMILES string of the molecule is C=C(C)C(=O)OCCOC(F)(F)C(F)OC(F)(F)C(F)(F)C(F)(F)OC(F)C(F)(F)OCCOC(=O)C(=C)C. The maximum Gasteiger partial charge on any atom is 0.431 e. The van der Waals surface area contributed by atoms with Gasteiger partial charge in [-0.15, -0.1) is 0 Å². The van der Waals surface area contributed by atoms with E-state index in [1.807, 2.05) is 0 Å². The summed E-state index contributed by atoms with van der Waals surface area (Å²) >= 11 is 0. The fraction of sp³-hybridized carbons (Fsp3) is 0.684. The molecule has 0 spiro atoms. The molecule has 0 aliphatic heterocycles. The van der Waals surface area contributed by atoms with Crippen molar-refractivity contribution in [3.8, 4) is 0 Å². The highest BCUT2D eigenvalue weighted by molar-refractivity contribution is 5.87. The molecule has 20 heteroatoms. The summed E-state index contributed by atoms with van der Waals surface area (Å²) in [5.41, 5.74) is -0.468. The normalized spacial score (nSPS) is 14.9. The van der Waals surface area contributed by atoms with Crippen molar-refractivity contribution in [2.24, 2.45) is 0 Å². The van der Waals surface area contributed by atoms with Crippen LogP contribution >= 0.6 is 0 Å². The second-order valence-electron chi connectivity index (χ2n) is 7.13. The lowest BCUT2D eigenvalue weighted by atomic mass is 10.3. The summed E-state index contributed by atoms with van der Waals surface area (Å²) in [7, 11) is 0. The van der Waals surface area contributed by atoms with E-state index in [2.05, 4.69) is 41.6 Å². The predicted octanol–water partition coefficient (Wildman–Crippen LogP) is 4.89. The van der Waals surface area contributed by atoms with Crippen LogP contribution in [-0.4, -0.2) is 81.4 Å². The van der Waals surface area contributed by atoms with Crippen LogP contribution in [0.5, 0.6) is 0 Å². The second kappa shape index (κ2) is 13.7. The molecular formula is C19H20F12O8. The molecule has 0 saturated carbocycles. The maximum atomic E-state index is 13.6. The van der Waals surface area contributed by atoms with E-state index in [1.54, 1.807) is 0 Å². The molecule has 0 radical (unpaired) electrons. The third-order valence-corrected chi connectivity index (χ3v) is 3.68. The Morgan fingerprint density at radius 3 is 1.15 bits per heavy atom. The van der Waals surface area contributed by atoms with Crippen LogP contribution in [0.4, 0.5) is 52.7 Å². The number of hydrogen-bond acceptors (Lipinski definition) is 8. The van der Waals surface area contributed by atoms with Crippen LogP contribution in [0.15, 0.2) is 24.3 Å². The molecular weight excluding hydrogens is 584 g/mol. The number of halogens is 12. The molecule has 0 fully saturated rings. The summed E-state index contributed by atoms with van der Waals surface area (Å²) < 4.78 is 182. The average molecular weight is 604 g/mol. The number of esters is 2. The summed E-state index contributed by atoms with van der Waals surface area (Å²) in [5, 5.41) is 0. The first kappa shape index (κ1) is 36.4. The van der Waals surface area contributed by atoms with Crippen LogP contribution in [0.1, 0.15) is 13.8 Å². The molecule has 0 amide bonds. The van der Waals surface area contributed by atoms with Crippen molar-refractivity contribution in [1.29, 1.82) is 0 Å². The van der Waals surface area contributed by atoms with Gasteiger partial charge in [-0.2, -0.15) is 43.9 Å². The zero-order chi connectivity index (χ0) is 31.0. The first-order chi connectivity index (χ1) is 17.4. The highest BCUT2D eigenvalue weighted by Gasteiger charge is 2.77. The van der Waals surface area contributed by atoms with Crippen LogP contribution in [0.3, 0.4) is 0 Å². The van der Waals surface area contributed by atoms with Gasteiger partial charge in [-0.25, -0.2) is 18.4 Å². The van der Waals surface area contributed by atoms with E-state index in [0.717, 1.165) is 13.8 Å². The Labute approximate surface area is 211 Å². The number of alkyl halides is 12. The van der Waals surface area contributed by atoms with Gasteiger partial charge < -0.3 is 18.9 Å². The first-order valence-electron chi connectivity index (χ1n) is 9.87. The molecule has 0 aliphatic carbocycles. The van der Waals surface area contributed by atoms with E-state index in [0.29, 0.717) is 0 Å². The number of carbonyl (C=O) groups is 2. The van der Waals surface area contributed by atoms with Crippen molar-refractivity contribution in [3.05, 3.63) is 24.3 Å². The number of hydrogen-bond donors (Lipinski definition) is 0. The van der Waals surface area contributed by atoms with Crippen LogP contribution in [0.2, 0.25) is 0 Å². The average Bonchev–Trinajstić information content (AvgIpc) is 2.78. The minimum Gasteiger partial charge on any atom is -0.460 e. The lowest BCUT2D eigenvalue weighted by Crippen LogP contribution is -2.60. The molecule has 8 nitrogen and oxygen atoms in total. The fourth-order valence-corrected chi connectivity index (χ4v) is 1.72. The number of ether oxygens (including phenoxy) is 6. The molecule has 0 aliphatic rings. The number of rotatable bonds is 18. The fourth-order valence-electron chi connectivity index (χ4n) is 1.72. The summed E-state index contributed by atoms with van der Waals surface area (Å²) in [6.07, 6.45) is -34.9. The first-order valence-corrected chi connectivity index (χ1v) is 9.87. The van der Waals surface area contributed by atoms with Crippen LogP contribution in [-0.2, 0) is 38.0 Å². The third kappa shape index (κ3) is 10.5. The topological polar surface area (TPSA) is 89.5 Å². The Morgan fingerprint density at radius 1 is 0.615 bits per heavy atom. The molecule has 39 heavy (non-hydrogen) atoms. The van der Waals surface area contributed by atoms with Gasteiger partial charge >= 0.3 is 42.3 Å².